The number of fused-ring (bicyclic) bond motifs is 1. The van der Waals surface area contributed by atoms with Gasteiger partial charge in [-0.25, -0.2) is 0 Å². The van der Waals surface area contributed by atoms with Crippen LogP contribution in [0.2, 0.25) is 0 Å². The molecule has 1 aliphatic rings. The Bertz CT molecular complexity index is 669. The van der Waals surface area contributed by atoms with Crippen molar-refractivity contribution >= 4 is 22.7 Å². The molecule has 1 saturated heterocycles. The summed E-state index contributed by atoms with van der Waals surface area (Å²) in [5, 5.41) is 4.12. The molecular formula is C16H19N3O2. The Labute approximate surface area is 123 Å². The van der Waals surface area contributed by atoms with Gasteiger partial charge in [0.05, 0.1) is 11.1 Å². The Balaban J connectivity index is 1.67. The summed E-state index contributed by atoms with van der Waals surface area (Å²) in [6.45, 7) is 3.02. The molecule has 0 spiro atoms. The topological polar surface area (TPSA) is 65.2 Å². The number of hydrogen-bond acceptors (Lipinski definition) is 2. The molecule has 2 aromatic rings. The molecule has 0 atom stereocenters. The van der Waals surface area contributed by atoms with Crippen molar-refractivity contribution in [2.75, 3.05) is 13.1 Å². The summed E-state index contributed by atoms with van der Waals surface area (Å²) in [5.74, 6) is 0.0558. The SMILES string of the molecule is CC(=O)N1CCC(NC(=O)c2cccc3cc[nH]c23)CC1. The molecule has 2 amide bonds. The fourth-order valence-corrected chi connectivity index (χ4v) is 2.88. The molecule has 1 aromatic heterocycles. The van der Waals surface area contributed by atoms with Gasteiger partial charge in [0.1, 0.15) is 0 Å². The Morgan fingerprint density at radius 3 is 2.71 bits per heavy atom. The summed E-state index contributed by atoms with van der Waals surface area (Å²) in [5.41, 5.74) is 1.54. The number of rotatable bonds is 2. The van der Waals surface area contributed by atoms with E-state index < -0.39 is 0 Å². The first kappa shape index (κ1) is 13.7. The van der Waals surface area contributed by atoms with E-state index in [0.29, 0.717) is 18.7 Å². The van der Waals surface area contributed by atoms with E-state index in [1.165, 1.54) is 0 Å². The second kappa shape index (κ2) is 5.60. The van der Waals surface area contributed by atoms with E-state index >= 15 is 0 Å². The number of H-pyrrole nitrogens is 1. The van der Waals surface area contributed by atoms with Gasteiger partial charge >= 0.3 is 0 Å². The number of piperidine rings is 1. The lowest BCUT2D eigenvalue weighted by Gasteiger charge is -2.31. The highest BCUT2D eigenvalue weighted by Crippen LogP contribution is 2.18. The van der Waals surface area contributed by atoms with Gasteiger partial charge in [-0.2, -0.15) is 0 Å². The first-order valence-corrected chi connectivity index (χ1v) is 7.27. The van der Waals surface area contributed by atoms with Crippen LogP contribution in [0.3, 0.4) is 0 Å². The third kappa shape index (κ3) is 2.77. The van der Waals surface area contributed by atoms with Crippen LogP contribution in [0.25, 0.3) is 10.9 Å². The van der Waals surface area contributed by atoms with Gasteiger partial charge in [0.2, 0.25) is 5.91 Å². The molecule has 0 radical (unpaired) electrons. The predicted molar refractivity (Wildman–Crippen MR) is 81.0 cm³/mol. The van der Waals surface area contributed by atoms with Gasteiger partial charge in [0.25, 0.3) is 5.91 Å². The molecule has 1 aromatic carbocycles. The third-order valence-corrected chi connectivity index (χ3v) is 4.11. The number of carbonyl (C=O) groups is 2. The molecule has 1 aliphatic heterocycles. The average molecular weight is 285 g/mol. The number of nitrogens with one attached hydrogen (secondary N) is 2. The fraction of sp³-hybridized carbons (Fsp3) is 0.375. The van der Waals surface area contributed by atoms with E-state index in [4.69, 9.17) is 0 Å². The molecule has 0 aliphatic carbocycles. The van der Waals surface area contributed by atoms with Crippen LogP contribution in [0, 0.1) is 0 Å². The first-order chi connectivity index (χ1) is 10.1. The Kier molecular flexibility index (Phi) is 3.64. The monoisotopic (exact) mass is 285 g/mol. The summed E-state index contributed by atoms with van der Waals surface area (Å²) in [4.78, 5) is 28.7. The lowest BCUT2D eigenvalue weighted by atomic mass is 10.0. The number of likely N-dealkylation sites (tertiary alicyclic amines) is 1. The summed E-state index contributed by atoms with van der Waals surface area (Å²) in [6.07, 6.45) is 3.46. The number of amides is 2. The van der Waals surface area contributed by atoms with Crippen LogP contribution >= 0.6 is 0 Å². The molecule has 0 unspecified atom stereocenters. The molecule has 5 heteroatoms. The summed E-state index contributed by atoms with van der Waals surface area (Å²) >= 11 is 0. The van der Waals surface area contributed by atoms with Gasteiger partial charge in [0, 0.05) is 37.6 Å². The Morgan fingerprint density at radius 1 is 1.24 bits per heavy atom. The van der Waals surface area contributed by atoms with Crippen molar-refractivity contribution in [2.45, 2.75) is 25.8 Å². The number of para-hydroxylation sites is 1. The zero-order chi connectivity index (χ0) is 14.8. The molecular weight excluding hydrogens is 266 g/mol. The number of aromatic amines is 1. The van der Waals surface area contributed by atoms with Gasteiger partial charge in [-0.05, 0) is 25.0 Å². The highest BCUT2D eigenvalue weighted by molar-refractivity contribution is 6.05. The summed E-state index contributed by atoms with van der Waals surface area (Å²) in [6, 6.07) is 7.80. The molecule has 0 bridgehead atoms. The van der Waals surface area contributed by atoms with E-state index in [1.54, 1.807) is 6.92 Å². The van der Waals surface area contributed by atoms with E-state index in [0.717, 1.165) is 23.7 Å². The largest absolute Gasteiger partial charge is 0.361 e. The number of nitrogens with zero attached hydrogens (tertiary/aromatic N) is 1. The second-order valence-corrected chi connectivity index (χ2v) is 5.50. The molecule has 2 heterocycles. The summed E-state index contributed by atoms with van der Waals surface area (Å²) < 4.78 is 0. The Morgan fingerprint density at radius 2 is 2.00 bits per heavy atom. The minimum atomic E-state index is -0.0516. The second-order valence-electron chi connectivity index (χ2n) is 5.50. The third-order valence-electron chi connectivity index (χ3n) is 4.11. The fourth-order valence-electron chi connectivity index (χ4n) is 2.88. The zero-order valence-corrected chi connectivity index (χ0v) is 12.1. The number of aromatic nitrogens is 1. The van der Waals surface area contributed by atoms with Crippen LogP contribution in [0.5, 0.6) is 0 Å². The van der Waals surface area contributed by atoms with Crippen molar-refractivity contribution in [2.24, 2.45) is 0 Å². The van der Waals surface area contributed by atoms with Crippen molar-refractivity contribution in [3.63, 3.8) is 0 Å². The molecule has 0 saturated carbocycles. The van der Waals surface area contributed by atoms with Gasteiger partial charge < -0.3 is 15.2 Å². The molecule has 1 fully saturated rings. The lowest BCUT2D eigenvalue weighted by Crippen LogP contribution is -2.46. The highest BCUT2D eigenvalue weighted by Gasteiger charge is 2.22. The van der Waals surface area contributed by atoms with Crippen LogP contribution in [0.1, 0.15) is 30.1 Å². The highest BCUT2D eigenvalue weighted by atomic mass is 16.2. The molecule has 2 N–H and O–H groups in total. The van der Waals surface area contributed by atoms with Gasteiger partial charge in [-0.15, -0.1) is 0 Å². The molecule has 21 heavy (non-hydrogen) atoms. The first-order valence-electron chi connectivity index (χ1n) is 7.27. The van der Waals surface area contributed by atoms with E-state index in [-0.39, 0.29) is 17.9 Å². The van der Waals surface area contributed by atoms with Crippen molar-refractivity contribution in [1.82, 2.24) is 15.2 Å². The van der Waals surface area contributed by atoms with Crippen LogP contribution in [0.4, 0.5) is 0 Å². The standard InChI is InChI=1S/C16H19N3O2/c1-11(20)19-9-6-13(7-10-19)18-16(21)14-4-2-3-12-5-8-17-15(12)14/h2-5,8,13,17H,6-7,9-10H2,1H3,(H,18,21). The van der Waals surface area contributed by atoms with Gasteiger partial charge in [-0.3, -0.25) is 9.59 Å². The van der Waals surface area contributed by atoms with Crippen LogP contribution in [0.15, 0.2) is 30.5 Å². The molecule has 3 rings (SSSR count). The summed E-state index contributed by atoms with van der Waals surface area (Å²) in [7, 11) is 0. The van der Waals surface area contributed by atoms with Crippen molar-refractivity contribution < 1.29 is 9.59 Å². The maximum atomic E-state index is 12.4. The minimum absolute atomic E-state index is 0.0516. The van der Waals surface area contributed by atoms with E-state index in [1.807, 2.05) is 35.4 Å². The van der Waals surface area contributed by atoms with Gasteiger partial charge in [0.15, 0.2) is 0 Å². The minimum Gasteiger partial charge on any atom is -0.361 e. The van der Waals surface area contributed by atoms with Crippen LogP contribution in [-0.2, 0) is 4.79 Å². The van der Waals surface area contributed by atoms with Crippen LogP contribution < -0.4 is 5.32 Å². The maximum Gasteiger partial charge on any atom is 0.253 e. The zero-order valence-electron chi connectivity index (χ0n) is 12.1. The molecule has 5 nitrogen and oxygen atoms in total. The smallest absolute Gasteiger partial charge is 0.253 e. The van der Waals surface area contributed by atoms with E-state index in [9.17, 15) is 9.59 Å². The quantitative estimate of drug-likeness (QED) is 0.885. The van der Waals surface area contributed by atoms with Gasteiger partial charge in [-0.1, -0.05) is 12.1 Å². The predicted octanol–water partition coefficient (Wildman–Crippen LogP) is 1.91. The maximum absolute atomic E-state index is 12.4. The molecule has 110 valence electrons. The normalized spacial score (nSPS) is 16.1. The number of benzene rings is 1. The Hall–Kier alpha value is -2.30. The van der Waals surface area contributed by atoms with Crippen molar-refractivity contribution in [3.8, 4) is 0 Å². The lowest BCUT2D eigenvalue weighted by molar-refractivity contribution is -0.129. The van der Waals surface area contributed by atoms with Crippen molar-refractivity contribution in [3.05, 3.63) is 36.0 Å². The van der Waals surface area contributed by atoms with E-state index in [2.05, 4.69) is 10.3 Å². The van der Waals surface area contributed by atoms with Crippen molar-refractivity contribution in [1.29, 1.82) is 0 Å². The number of hydrogen-bond donors (Lipinski definition) is 2. The van der Waals surface area contributed by atoms with Crippen LogP contribution in [-0.4, -0.2) is 40.8 Å². The number of carbonyl (C=O) groups excluding carboxylic acids is 2. The average Bonchev–Trinajstić information content (AvgIpc) is 2.96.